The number of pyridine rings is 1. The third-order valence-electron chi connectivity index (χ3n) is 5.25. The van der Waals surface area contributed by atoms with Crippen LogP contribution >= 0.6 is 0 Å². The van der Waals surface area contributed by atoms with Crippen molar-refractivity contribution in [3.05, 3.63) is 96.2 Å². The molecule has 0 saturated carbocycles. The molecule has 0 atom stereocenters. The number of aliphatic imine (C=N–C) groups is 1. The molecule has 8 nitrogen and oxygen atoms in total. The fourth-order valence-corrected chi connectivity index (χ4v) is 3.45. The lowest BCUT2D eigenvalue weighted by molar-refractivity contribution is 0.102. The third-order valence-corrected chi connectivity index (χ3v) is 5.25. The lowest BCUT2D eigenvalue weighted by atomic mass is 10.0. The Balaban J connectivity index is 1.58. The number of rotatable bonds is 8. The van der Waals surface area contributed by atoms with Crippen molar-refractivity contribution in [1.82, 2.24) is 15.2 Å². The van der Waals surface area contributed by atoms with Gasteiger partial charge in [0.25, 0.3) is 5.91 Å². The smallest absolute Gasteiger partial charge is 0.276 e. The average Bonchev–Trinajstić information content (AvgIpc) is 3.28. The minimum absolute atomic E-state index is 0.301. The van der Waals surface area contributed by atoms with Crippen molar-refractivity contribution in [2.45, 2.75) is 6.92 Å². The largest absolute Gasteiger partial charge is 0.456 e. The number of nitrogens with zero attached hydrogens (tertiary/aromatic N) is 4. The number of allylic oxidation sites excluding steroid dienone is 2. The van der Waals surface area contributed by atoms with Crippen LogP contribution in [0.4, 0.5) is 11.5 Å². The van der Waals surface area contributed by atoms with Crippen molar-refractivity contribution < 1.29 is 9.53 Å². The van der Waals surface area contributed by atoms with Crippen molar-refractivity contribution in [3.63, 3.8) is 0 Å². The predicted molar refractivity (Wildman–Crippen MR) is 141 cm³/mol. The molecule has 0 aliphatic heterocycles. The maximum atomic E-state index is 13.0. The van der Waals surface area contributed by atoms with E-state index in [0.29, 0.717) is 28.3 Å². The number of anilines is 2. The summed E-state index contributed by atoms with van der Waals surface area (Å²) in [6.45, 7) is 5.50. The molecule has 2 heterocycles. The summed E-state index contributed by atoms with van der Waals surface area (Å²) in [6, 6.07) is 18.9. The molecule has 0 bridgehead atoms. The Hall–Kier alpha value is -4.72. The van der Waals surface area contributed by atoms with Crippen LogP contribution in [0, 0.1) is 0 Å². The Labute approximate surface area is 203 Å². The van der Waals surface area contributed by atoms with Crippen LogP contribution in [0.15, 0.2) is 89.9 Å². The van der Waals surface area contributed by atoms with Gasteiger partial charge in [0.2, 0.25) is 0 Å². The molecular weight excluding hydrogens is 440 g/mol. The van der Waals surface area contributed by atoms with E-state index in [1.54, 1.807) is 12.4 Å². The first kappa shape index (κ1) is 23.4. The summed E-state index contributed by atoms with van der Waals surface area (Å²) in [5, 5.41) is 10.7. The van der Waals surface area contributed by atoms with Gasteiger partial charge in [-0.2, -0.15) is 5.10 Å². The number of ether oxygens (including phenoxy) is 1. The average molecular weight is 467 g/mol. The molecule has 1 amide bonds. The highest BCUT2D eigenvalue weighted by molar-refractivity contribution is 6.11. The highest BCUT2D eigenvalue weighted by Crippen LogP contribution is 2.25. The maximum Gasteiger partial charge on any atom is 0.276 e. The number of hydrogen-bond donors (Lipinski definition) is 2. The van der Waals surface area contributed by atoms with Gasteiger partial charge >= 0.3 is 0 Å². The van der Waals surface area contributed by atoms with Crippen LogP contribution in [-0.4, -0.2) is 41.9 Å². The number of H-pyrrole nitrogens is 1. The van der Waals surface area contributed by atoms with Crippen molar-refractivity contribution >= 4 is 40.6 Å². The molecule has 0 aliphatic rings. The number of hydrogen-bond acceptors (Lipinski definition) is 6. The lowest BCUT2D eigenvalue weighted by Gasteiger charge is -2.11. The van der Waals surface area contributed by atoms with Crippen LogP contribution in [0.3, 0.4) is 0 Å². The molecule has 0 aliphatic carbocycles. The SMILES string of the molecule is C=N/C=C(\C=C(/C)c1ccc2[nH]nc(C(=O)Nc3ccc(N(C)C)nc3)c2c1)Oc1ccccc1. The minimum Gasteiger partial charge on any atom is -0.456 e. The summed E-state index contributed by atoms with van der Waals surface area (Å²) in [7, 11) is 3.82. The molecule has 4 rings (SSSR count). The van der Waals surface area contributed by atoms with Crippen molar-refractivity contribution in [2.75, 3.05) is 24.3 Å². The van der Waals surface area contributed by atoms with Crippen LogP contribution in [0.1, 0.15) is 23.0 Å². The summed E-state index contributed by atoms with van der Waals surface area (Å²) < 4.78 is 5.93. The molecule has 0 unspecified atom stereocenters. The Morgan fingerprint density at radius 2 is 1.94 bits per heavy atom. The van der Waals surface area contributed by atoms with Crippen LogP contribution in [-0.2, 0) is 0 Å². The number of para-hydroxylation sites is 1. The second-order valence-electron chi connectivity index (χ2n) is 8.04. The number of nitrogens with one attached hydrogen (secondary N) is 2. The number of carbonyl (C=O) groups is 1. The topological polar surface area (TPSA) is 95.5 Å². The summed E-state index contributed by atoms with van der Waals surface area (Å²) in [5.74, 6) is 1.72. The Kier molecular flexibility index (Phi) is 7.02. The third kappa shape index (κ3) is 5.62. The van der Waals surface area contributed by atoms with E-state index < -0.39 is 0 Å². The van der Waals surface area contributed by atoms with E-state index in [4.69, 9.17) is 4.74 Å². The van der Waals surface area contributed by atoms with Gasteiger partial charge in [0.1, 0.15) is 17.3 Å². The van der Waals surface area contributed by atoms with Gasteiger partial charge in [-0.3, -0.25) is 14.9 Å². The van der Waals surface area contributed by atoms with E-state index in [1.165, 1.54) is 0 Å². The van der Waals surface area contributed by atoms with Gasteiger partial charge in [-0.25, -0.2) is 4.98 Å². The summed E-state index contributed by atoms with van der Waals surface area (Å²) in [4.78, 5) is 23.0. The number of benzene rings is 2. The molecule has 0 saturated heterocycles. The minimum atomic E-state index is -0.321. The van der Waals surface area contributed by atoms with Crippen molar-refractivity contribution in [2.24, 2.45) is 4.99 Å². The van der Waals surface area contributed by atoms with E-state index in [-0.39, 0.29) is 5.91 Å². The normalized spacial score (nSPS) is 11.9. The first-order valence-electron chi connectivity index (χ1n) is 10.9. The van der Waals surface area contributed by atoms with Crippen molar-refractivity contribution in [3.8, 4) is 5.75 Å². The summed E-state index contributed by atoms with van der Waals surface area (Å²) in [5.41, 5.74) is 3.49. The molecule has 8 heteroatoms. The summed E-state index contributed by atoms with van der Waals surface area (Å²) in [6.07, 6.45) is 5.05. The van der Waals surface area contributed by atoms with Crippen molar-refractivity contribution in [1.29, 1.82) is 0 Å². The van der Waals surface area contributed by atoms with E-state index in [0.717, 1.165) is 22.5 Å². The zero-order valence-electron chi connectivity index (χ0n) is 19.8. The first-order valence-corrected chi connectivity index (χ1v) is 10.9. The van der Waals surface area contributed by atoms with Crippen LogP contribution in [0.25, 0.3) is 16.5 Å². The second-order valence-corrected chi connectivity index (χ2v) is 8.04. The standard InChI is InChI=1S/C27H26N6O2/c1-18(14-22(17-28-2)35-21-8-6-5-7-9-21)19-10-12-24-23(15-19)26(32-31-24)27(34)30-20-11-13-25(29-16-20)33(3)4/h5-17H,2H2,1,3-4H3,(H,30,34)(H,31,32)/b18-14+,22-17+. The Morgan fingerprint density at radius 1 is 1.14 bits per heavy atom. The molecule has 2 N–H and O–H groups in total. The maximum absolute atomic E-state index is 13.0. The van der Waals surface area contributed by atoms with Gasteiger partial charge in [-0.05, 0) is 67.3 Å². The number of carbonyl (C=O) groups excluding carboxylic acids is 1. The number of aromatic nitrogens is 3. The van der Waals surface area contributed by atoms with Gasteiger partial charge < -0.3 is 15.0 Å². The van der Waals surface area contributed by atoms with Gasteiger partial charge in [0, 0.05) is 19.5 Å². The lowest BCUT2D eigenvalue weighted by Crippen LogP contribution is -2.14. The molecule has 35 heavy (non-hydrogen) atoms. The van der Waals surface area contributed by atoms with E-state index in [2.05, 4.69) is 32.2 Å². The highest BCUT2D eigenvalue weighted by Gasteiger charge is 2.16. The number of fused-ring (bicyclic) bond motifs is 1. The molecule has 2 aromatic heterocycles. The molecule has 4 aromatic rings. The Bertz CT molecular complexity index is 1400. The zero-order chi connectivity index (χ0) is 24.8. The van der Waals surface area contributed by atoms with Gasteiger partial charge in [-0.15, -0.1) is 0 Å². The molecule has 2 aromatic carbocycles. The quantitative estimate of drug-likeness (QED) is 0.209. The molecule has 0 spiro atoms. The molecule has 0 radical (unpaired) electrons. The Morgan fingerprint density at radius 3 is 2.63 bits per heavy atom. The monoisotopic (exact) mass is 466 g/mol. The fraction of sp³-hybridized carbons (Fsp3) is 0.111. The van der Waals surface area contributed by atoms with E-state index in [9.17, 15) is 4.79 Å². The van der Waals surface area contributed by atoms with Crippen LogP contribution in [0.5, 0.6) is 5.75 Å². The van der Waals surface area contributed by atoms with Gasteiger partial charge in [0.15, 0.2) is 5.69 Å². The molecule has 176 valence electrons. The van der Waals surface area contributed by atoms with Gasteiger partial charge in [-0.1, -0.05) is 24.3 Å². The first-order chi connectivity index (χ1) is 16.9. The highest BCUT2D eigenvalue weighted by atomic mass is 16.5. The van der Waals surface area contributed by atoms with Gasteiger partial charge in [0.05, 0.1) is 23.6 Å². The number of aromatic amines is 1. The summed E-state index contributed by atoms with van der Waals surface area (Å²) >= 11 is 0. The zero-order valence-corrected chi connectivity index (χ0v) is 19.8. The van der Waals surface area contributed by atoms with Crippen LogP contribution in [0.2, 0.25) is 0 Å². The molecule has 0 fully saturated rings. The van der Waals surface area contributed by atoms with E-state index in [1.807, 2.05) is 92.7 Å². The fourth-order valence-electron chi connectivity index (χ4n) is 3.45. The predicted octanol–water partition coefficient (Wildman–Crippen LogP) is 5.30. The van der Waals surface area contributed by atoms with E-state index >= 15 is 0 Å². The second kappa shape index (κ2) is 10.5. The van der Waals surface area contributed by atoms with Crippen LogP contribution < -0.4 is 15.0 Å². The molecular formula is C27H26N6O2. The number of amides is 1.